The van der Waals surface area contributed by atoms with Crippen molar-refractivity contribution in [2.24, 2.45) is 0 Å². The van der Waals surface area contributed by atoms with E-state index in [0.717, 1.165) is 12.8 Å². The third-order valence-corrected chi connectivity index (χ3v) is 0.447. The van der Waals surface area contributed by atoms with Crippen LogP contribution in [0, 0.1) is 0 Å². The Hall–Kier alpha value is 1.16. The van der Waals surface area contributed by atoms with E-state index in [1.165, 1.54) is 0 Å². The quantitative estimate of drug-likeness (QED) is 0.545. The van der Waals surface area contributed by atoms with Crippen LogP contribution in [0.25, 0.3) is 0 Å². The minimum atomic E-state index is -1.61. The summed E-state index contributed by atoms with van der Waals surface area (Å²) in [4.78, 5) is 17.3. The van der Waals surface area contributed by atoms with Crippen molar-refractivity contribution < 1.29 is 46.0 Å². The Morgan fingerprint density at radius 2 is 0.684 bits per heavy atom. The van der Waals surface area contributed by atoms with Crippen LogP contribution in [0.2, 0.25) is 39.3 Å². The predicted molar refractivity (Wildman–Crippen MR) is 85.9 cm³/mol. The van der Waals surface area contributed by atoms with Gasteiger partial charge in [0.1, 0.15) is 0 Å². The molecule has 0 aromatic carbocycles. The average molecular weight is 392 g/mol. The molecule has 0 unspecified atom stereocenters. The van der Waals surface area contributed by atoms with Crippen molar-refractivity contribution in [3.05, 3.63) is 0 Å². The maximum atomic E-state index is 8.66. The zero-order chi connectivity index (χ0) is 15.8. The smallest absolute Gasteiger partial charge is 0.179 e. The van der Waals surface area contributed by atoms with Gasteiger partial charge in [0.2, 0.25) is 0 Å². The molecule has 120 valence electrons. The van der Waals surface area contributed by atoms with Gasteiger partial charge < -0.3 is 19.8 Å². The van der Waals surface area contributed by atoms with E-state index in [2.05, 4.69) is 0 Å². The second-order valence-corrected chi connectivity index (χ2v) is 14.5. The molecule has 0 aromatic heterocycles. The third kappa shape index (κ3) is 566. The van der Waals surface area contributed by atoms with Crippen molar-refractivity contribution in [3.8, 4) is 0 Å². The molecule has 0 rings (SSSR count). The van der Waals surface area contributed by atoms with Crippen LogP contribution in [-0.4, -0.2) is 49.7 Å². The zero-order valence-corrected chi connectivity index (χ0v) is 18.6. The van der Waals surface area contributed by atoms with Crippen molar-refractivity contribution in [2.45, 2.75) is 66.0 Å². The molecule has 0 spiro atoms. The Morgan fingerprint density at radius 1 is 0.632 bits per heavy atom. The molecule has 0 bridgehead atoms. The molecule has 19 heavy (non-hydrogen) atoms. The van der Waals surface area contributed by atoms with Gasteiger partial charge in [-0.25, -0.2) is 0 Å². The second-order valence-electron chi connectivity index (χ2n) is 5.79. The van der Waals surface area contributed by atoms with Gasteiger partial charge in [-0.2, -0.15) is 0 Å². The van der Waals surface area contributed by atoms with Crippen molar-refractivity contribution in [2.75, 3.05) is 13.2 Å². The number of rotatable bonds is 2. The van der Waals surface area contributed by atoms with Crippen molar-refractivity contribution >= 4 is 16.6 Å². The predicted octanol–water partition coefficient (Wildman–Crippen LogP) is 2.40. The van der Waals surface area contributed by atoms with Crippen LogP contribution in [0.3, 0.4) is 0 Å². The SMILES string of the molecule is CCCO.CCCO.C[Si](C)(C)O.C[Si](C)(C)O.[Zr]. The average Bonchev–Trinajstić information content (AvgIpc) is 2.12. The molecule has 0 atom stereocenters. The van der Waals surface area contributed by atoms with E-state index in [0.29, 0.717) is 13.2 Å². The minimum absolute atomic E-state index is 0. The molecule has 0 radical (unpaired) electrons. The molecule has 0 amide bonds. The molecule has 0 saturated carbocycles. The zero-order valence-electron chi connectivity index (χ0n) is 14.1. The molecule has 0 heterocycles. The van der Waals surface area contributed by atoms with Crippen LogP contribution < -0.4 is 0 Å². The van der Waals surface area contributed by atoms with Gasteiger partial charge in [0, 0.05) is 39.4 Å². The van der Waals surface area contributed by atoms with Crippen molar-refractivity contribution in [1.29, 1.82) is 0 Å². The first-order valence-electron chi connectivity index (χ1n) is 6.49. The van der Waals surface area contributed by atoms with Crippen LogP contribution in [-0.2, 0) is 26.2 Å². The number of hydrogen-bond acceptors (Lipinski definition) is 4. The third-order valence-electron chi connectivity index (χ3n) is 0.447. The summed E-state index contributed by atoms with van der Waals surface area (Å²) in [5, 5.41) is 15.8. The summed E-state index contributed by atoms with van der Waals surface area (Å²) in [6, 6.07) is 0. The van der Waals surface area contributed by atoms with Crippen LogP contribution >= 0.6 is 0 Å². The summed E-state index contributed by atoms with van der Waals surface area (Å²) in [7, 11) is -3.22. The van der Waals surface area contributed by atoms with Gasteiger partial charge in [0.05, 0.1) is 0 Å². The fourth-order valence-corrected chi connectivity index (χ4v) is 0. The van der Waals surface area contributed by atoms with Crippen molar-refractivity contribution in [3.63, 3.8) is 0 Å². The molecule has 0 aliphatic carbocycles. The summed E-state index contributed by atoms with van der Waals surface area (Å²) in [6.07, 6.45) is 1.75. The Labute approximate surface area is 141 Å². The molecule has 0 aromatic rings. The number of aliphatic hydroxyl groups is 2. The topological polar surface area (TPSA) is 80.9 Å². The standard InChI is InChI=1S/2C3H10OSi.2C3H8O.Zr/c2*1-5(2,3)4;2*1-2-3-4;/h2*4H,1-3H3;2*4H,2-3H2,1H3;. The Balaban J connectivity index is -0.0000000453. The van der Waals surface area contributed by atoms with Crippen LogP contribution in [0.15, 0.2) is 0 Å². The number of hydrogen-bond donors (Lipinski definition) is 4. The summed E-state index contributed by atoms with van der Waals surface area (Å²) in [5.74, 6) is 0. The summed E-state index contributed by atoms with van der Waals surface area (Å²) in [5.41, 5.74) is 0. The van der Waals surface area contributed by atoms with Gasteiger partial charge in [-0.1, -0.05) is 13.8 Å². The fraction of sp³-hybridized carbons (Fsp3) is 1.00. The first-order valence-corrected chi connectivity index (χ1v) is 13.4. The molecule has 4 nitrogen and oxygen atoms in total. The molecule has 0 fully saturated rings. The van der Waals surface area contributed by atoms with Gasteiger partial charge in [0.15, 0.2) is 16.6 Å². The van der Waals surface area contributed by atoms with Crippen LogP contribution in [0.4, 0.5) is 0 Å². The monoisotopic (exact) mass is 390 g/mol. The van der Waals surface area contributed by atoms with Gasteiger partial charge in [-0.15, -0.1) is 0 Å². The van der Waals surface area contributed by atoms with Gasteiger partial charge in [0.25, 0.3) is 0 Å². The van der Waals surface area contributed by atoms with E-state index in [4.69, 9.17) is 19.8 Å². The van der Waals surface area contributed by atoms with E-state index in [1.807, 2.05) is 53.1 Å². The van der Waals surface area contributed by atoms with E-state index in [9.17, 15) is 0 Å². The molecule has 0 saturated heterocycles. The van der Waals surface area contributed by atoms with Gasteiger partial charge >= 0.3 is 0 Å². The van der Waals surface area contributed by atoms with E-state index in [1.54, 1.807) is 0 Å². The Kier molecular flexibility index (Phi) is 36.4. The largest absolute Gasteiger partial charge is 0.433 e. The normalized spacial score (nSPS) is 9.47. The van der Waals surface area contributed by atoms with Crippen molar-refractivity contribution in [1.82, 2.24) is 0 Å². The molecule has 4 N–H and O–H groups in total. The van der Waals surface area contributed by atoms with E-state index in [-0.39, 0.29) is 26.2 Å². The minimum Gasteiger partial charge on any atom is -0.433 e. The maximum absolute atomic E-state index is 8.66. The maximum Gasteiger partial charge on any atom is 0.179 e. The summed E-state index contributed by atoms with van der Waals surface area (Å²) < 4.78 is 0. The Bertz CT molecular complexity index is 105. The van der Waals surface area contributed by atoms with Crippen LogP contribution in [0.5, 0.6) is 0 Å². The molecular formula is C12H36O4Si2Zr. The summed E-state index contributed by atoms with van der Waals surface area (Å²) in [6.45, 7) is 15.8. The molecular weight excluding hydrogens is 356 g/mol. The first-order chi connectivity index (χ1) is 7.83. The first kappa shape index (κ1) is 32.2. The van der Waals surface area contributed by atoms with E-state index < -0.39 is 16.6 Å². The molecule has 0 aliphatic heterocycles. The Morgan fingerprint density at radius 3 is 0.684 bits per heavy atom. The van der Waals surface area contributed by atoms with Crippen LogP contribution in [0.1, 0.15) is 26.7 Å². The van der Waals surface area contributed by atoms with E-state index >= 15 is 0 Å². The summed E-state index contributed by atoms with van der Waals surface area (Å²) >= 11 is 0. The van der Waals surface area contributed by atoms with Gasteiger partial charge in [-0.3, -0.25) is 0 Å². The van der Waals surface area contributed by atoms with Gasteiger partial charge in [-0.05, 0) is 52.1 Å². The molecule has 7 heteroatoms. The molecule has 0 aliphatic rings. The number of aliphatic hydroxyl groups excluding tert-OH is 2. The fourth-order valence-electron chi connectivity index (χ4n) is 0. The second kappa shape index (κ2) is 21.5.